The smallest absolute Gasteiger partial charge is 0.405 e. The molecule has 0 saturated heterocycles. The zero-order valence-corrected chi connectivity index (χ0v) is 16.0. The van der Waals surface area contributed by atoms with Crippen LogP contribution in [0.15, 0.2) is 65.7 Å². The van der Waals surface area contributed by atoms with Crippen LogP contribution in [0.1, 0.15) is 11.1 Å². The van der Waals surface area contributed by atoms with E-state index < -0.39 is 6.36 Å². The lowest BCUT2D eigenvalue weighted by Crippen LogP contribution is -2.36. The maximum Gasteiger partial charge on any atom is 0.573 e. The Hall–Kier alpha value is -3.16. The molecule has 0 bridgehead atoms. The number of hydrogen-bond acceptors (Lipinski definition) is 3. The Bertz CT molecular complexity index is 872. The van der Waals surface area contributed by atoms with Gasteiger partial charge in [-0.15, -0.1) is 13.2 Å². The molecule has 0 radical (unpaired) electrons. The molecule has 2 N–H and O–H groups in total. The minimum atomic E-state index is -4.73. The number of aliphatic imine (C=N–C) groups is 1. The van der Waals surface area contributed by atoms with Crippen LogP contribution in [0.2, 0.25) is 0 Å². The van der Waals surface area contributed by atoms with Crippen molar-refractivity contribution in [2.75, 3.05) is 25.0 Å². The summed E-state index contributed by atoms with van der Waals surface area (Å²) < 4.78 is 41.7. The Kier molecular flexibility index (Phi) is 6.64. The zero-order valence-electron chi connectivity index (χ0n) is 16.0. The van der Waals surface area contributed by atoms with Gasteiger partial charge in [-0.05, 0) is 23.8 Å². The minimum absolute atomic E-state index is 0.144. The van der Waals surface area contributed by atoms with Crippen LogP contribution in [0.3, 0.4) is 0 Å². The fourth-order valence-corrected chi connectivity index (χ4v) is 3.01. The van der Waals surface area contributed by atoms with Crippen molar-refractivity contribution < 1.29 is 17.9 Å². The number of nitrogens with zero attached hydrogens (tertiary/aromatic N) is 2. The normalized spacial score (nSPS) is 14.2. The molecule has 0 spiro atoms. The molecule has 0 aliphatic carbocycles. The molecule has 0 unspecified atom stereocenters. The zero-order chi connectivity index (χ0) is 20.7. The van der Waals surface area contributed by atoms with Crippen molar-refractivity contribution in [1.29, 1.82) is 0 Å². The standard InChI is InChI=1S/C21H23F3N4O/c1-25-20(27-15-17-8-2-3-10-19(17)29-21(22,23)24)26-14-16-7-6-9-18(13-16)28-11-4-5-12-28/h2-10,13H,11-12,14-15H2,1H3,(H2,25,26,27). The van der Waals surface area contributed by atoms with Crippen molar-refractivity contribution in [3.05, 3.63) is 71.8 Å². The molecule has 154 valence electrons. The van der Waals surface area contributed by atoms with Crippen LogP contribution in [-0.2, 0) is 13.1 Å². The fraction of sp³-hybridized carbons (Fsp3) is 0.286. The molecule has 0 amide bonds. The van der Waals surface area contributed by atoms with E-state index in [9.17, 15) is 13.2 Å². The summed E-state index contributed by atoms with van der Waals surface area (Å²) in [7, 11) is 1.61. The van der Waals surface area contributed by atoms with Crippen molar-refractivity contribution in [3.63, 3.8) is 0 Å². The Labute approximate surface area is 167 Å². The highest BCUT2D eigenvalue weighted by Gasteiger charge is 2.31. The molecule has 5 nitrogen and oxygen atoms in total. The van der Waals surface area contributed by atoms with Crippen LogP contribution < -0.4 is 20.3 Å². The number of rotatable bonds is 6. The summed E-state index contributed by atoms with van der Waals surface area (Å²) in [5, 5.41) is 6.21. The fourth-order valence-electron chi connectivity index (χ4n) is 3.01. The molecule has 1 aliphatic heterocycles. The Balaban J connectivity index is 1.56. The lowest BCUT2D eigenvalue weighted by Gasteiger charge is -2.19. The molecule has 2 aromatic rings. The van der Waals surface area contributed by atoms with E-state index in [0.717, 1.165) is 24.3 Å². The van der Waals surface area contributed by atoms with Crippen LogP contribution >= 0.6 is 0 Å². The molecular weight excluding hydrogens is 381 g/mol. The molecule has 0 saturated carbocycles. The number of halogens is 3. The summed E-state index contributed by atoms with van der Waals surface area (Å²) in [6, 6.07) is 14.2. The van der Waals surface area contributed by atoms with Crippen molar-refractivity contribution >= 4 is 11.6 Å². The van der Waals surface area contributed by atoms with Crippen molar-refractivity contribution in [2.45, 2.75) is 19.5 Å². The highest BCUT2D eigenvalue weighted by Crippen LogP contribution is 2.26. The average molecular weight is 404 g/mol. The van der Waals surface area contributed by atoms with Crippen LogP contribution in [0.5, 0.6) is 5.75 Å². The van der Waals surface area contributed by atoms with Gasteiger partial charge in [0.1, 0.15) is 5.75 Å². The predicted octanol–water partition coefficient (Wildman–Crippen LogP) is 3.83. The first-order chi connectivity index (χ1) is 13.9. The van der Waals surface area contributed by atoms with Crippen molar-refractivity contribution in [3.8, 4) is 5.75 Å². The molecule has 8 heteroatoms. The summed E-state index contributed by atoms with van der Waals surface area (Å²) in [5.41, 5.74) is 2.62. The number of ether oxygens (including phenoxy) is 1. The third-order valence-electron chi connectivity index (χ3n) is 4.42. The van der Waals surface area contributed by atoms with Gasteiger partial charge in [-0.2, -0.15) is 0 Å². The first-order valence-corrected chi connectivity index (χ1v) is 9.21. The number of guanidine groups is 1. The molecule has 1 aliphatic rings. The van der Waals surface area contributed by atoms with E-state index in [1.807, 2.05) is 12.1 Å². The number of para-hydroxylation sites is 1. The second kappa shape index (κ2) is 9.36. The minimum Gasteiger partial charge on any atom is -0.405 e. The van der Waals surface area contributed by atoms with E-state index in [-0.39, 0.29) is 12.3 Å². The summed E-state index contributed by atoms with van der Waals surface area (Å²) in [6.45, 7) is 2.49. The highest BCUT2D eigenvalue weighted by molar-refractivity contribution is 5.79. The van der Waals surface area contributed by atoms with Gasteiger partial charge in [0, 0.05) is 44.5 Å². The second-order valence-corrected chi connectivity index (χ2v) is 6.48. The summed E-state index contributed by atoms with van der Waals surface area (Å²) in [6.07, 6.45) is -0.458. The van der Waals surface area contributed by atoms with Gasteiger partial charge in [0.15, 0.2) is 5.96 Å². The van der Waals surface area contributed by atoms with Crippen LogP contribution in [0.25, 0.3) is 0 Å². The number of anilines is 1. The lowest BCUT2D eigenvalue weighted by atomic mass is 10.2. The lowest BCUT2D eigenvalue weighted by molar-refractivity contribution is -0.274. The molecule has 0 aromatic heterocycles. The summed E-state index contributed by atoms with van der Waals surface area (Å²) in [4.78, 5) is 6.39. The van der Waals surface area contributed by atoms with E-state index in [4.69, 9.17) is 0 Å². The molecule has 1 heterocycles. The van der Waals surface area contributed by atoms with Crippen LogP contribution in [0, 0.1) is 0 Å². The molecule has 3 rings (SSSR count). The second-order valence-electron chi connectivity index (χ2n) is 6.48. The third-order valence-corrected chi connectivity index (χ3v) is 4.42. The van der Waals surface area contributed by atoms with Gasteiger partial charge in [-0.25, -0.2) is 0 Å². The number of hydrogen-bond donors (Lipinski definition) is 2. The Morgan fingerprint density at radius 1 is 1.03 bits per heavy atom. The highest BCUT2D eigenvalue weighted by atomic mass is 19.4. The number of nitrogens with one attached hydrogen (secondary N) is 2. The maximum absolute atomic E-state index is 12.6. The van der Waals surface area contributed by atoms with Gasteiger partial charge in [0.05, 0.1) is 0 Å². The van der Waals surface area contributed by atoms with Crippen LogP contribution in [-0.4, -0.2) is 32.5 Å². The topological polar surface area (TPSA) is 48.9 Å². The largest absolute Gasteiger partial charge is 0.573 e. The molecule has 29 heavy (non-hydrogen) atoms. The number of benzene rings is 2. The van der Waals surface area contributed by atoms with Crippen molar-refractivity contribution in [2.24, 2.45) is 4.99 Å². The van der Waals surface area contributed by atoms with E-state index in [1.165, 1.54) is 12.1 Å². The first kappa shape index (κ1) is 20.6. The molecule has 0 fully saturated rings. The Morgan fingerprint density at radius 3 is 2.48 bits per heavy atom. The van der Waals surface area contributed by atoms with Gasteiger partial charge in [-0.3, -0.25) is 4.99 Å². The van der Waals surface area contributed by atoms with Crippen LogP contribution in [0.4, 0.5) is 18.9 Å². The first-order valence-electron chi connectivity index (χ1n) is 9.21. The summed E-state index contributed by atoms with van der Waals surface area (Å²) in [5.74, 6) is 0.259. The monoisotopic (exact) mass is 404 g/mol. The molecular formula is C21H23F3N4O. The SMILES string of the molecule is CN=C(NCc1cccc(N2CC=CC2)c1)NCc1ccccc1OC(F)(F)F. The van der Waals surface area contributed by atoms with E-state index in [2.05, 4.69) is 49.5 Å². The molecule has 0 atom stereocenters. The predicted molar refractivity (Wildman–Crippen MR) is 108 cm³/mol. The van der Waals surface area contributed by atoms with E-state index in [0.29, 0.717) is 18.1 Å². The molecule has 2 aromatic carbocycles. The van der Waals surface area contributed by atoms with Gasteiger partial charge in [0.25, 0.3) is 0 Å². The van der Waals surface area contributed by atoms with Crippen molar-refractivity contribution in [1.82, 2.24) is 10.6 Å². The van der Waals surface area contributed by atoms with E-state index in [1.54, 1.807) is 19.2 Å². The summed E-state index contributed by atoms with van der Waals surface area (Å²) >= 11 is 0. The van der Waals surface area contributed by atoms with Gasteiger partial charge in [0.2, 0.25) is 0 Å². The van der Waals surface area contributed by atoms with Gasteiger partial charge in [-0.1, -0.05) is 42.5 Å². The quantitative estimate of drug-likeness (QED) is 0.437. The van der Waals surface area contributed by atoms with E-state index >= 15 is 0 Å². The Morgan fingerprint density at radius 2 is 1.76 bits per heavy atom. The van der Waals surface area contributed by atoms with Gasteiger partial charge < -0.3 is 20.3 Å². The average Bonchev–Trinajstić information content (AvgIpc) is 3.23. The number of alkyl halides is 3. The third kappa shape index (κ3) is 6.17. The van der Waals surface area contributed by atoms with Gasteiger partial charge >= 0.3 is 6.36 Å². The maximum atomic E-state index is 12.6.